The van der Waals surface area contributed by atoms with Gasteiger partial charge in [-0.1, -0.05) is 43.7 Å². The van der Waals surface area contributed by atoms with Crippen molar-refractivity contribution in [3.8, 4) is 0 Å². The van der Waals surface area contributed by atoms with Gasteiger partial charge in [0.2, 0.25) is 0 Å². The zero-order valence-corrected chi connectivity index (χ0v) is 12.9. The highest BCUT2D eigenvalue weighted by atomic mass is 32.1. The molecule has 0 aliphatic carbocycles. The Morgan fingerprint density at radius 1 is 1.00 bits per heavy atom. The quantitative estimate of drug-likeness (QED) is 0.792. The maximum Gasteiger partial charge on any atom is 0.0320 e. The van der Waals surface area contributed by atoms with Crippen LogP contribution in [-0.4, -0.2) is 0 Å². The van der Waals surface area contributed by atoms with Crippen LogP contribution in [0.3, 0.4) is 0 Å². The van der Waals surface area contributed by atoms with Gasteiger partial charge in [0.05, 0.1) is 0 Å². The summed E-state index contributed by atoms with van der Waals surface area (Å²) < 4.78 is 0. The van der Waals surface area contributed by atoms with Crippen LogP contribution in [0, 0.1) is 6.92 Å². The molecule has 1 heterocycles. The zero-order chi connectivity index (χ0) is 13.7. The van der Waals surface area contributed by atoms with Crippen molar-refractivity contribution in [1.82, 2.24) is 5.32 Å². The van der Waals surface area contributed by atoms with E-state index < -0.39 is 0 Å². The first-order valence-electron chi connectivity index (χ1n) is 7.10. The molecule has 2 heteroatoms. The summed E-state index contributed by atoms with van der Waals surface area (Å²) in [6, 6.07) is 13.8. The van der Waals surface area contributed by atoms with E-state index in [4.69, 9.17) is 0 Å². The topological polar surface area (TPSA) is 12.0 Å². The second-order valence-corrected chi connectivity index (χ2v) is 6.23. The van der Waals surface area contributed by atoms with Crippen molar-refractivity contribution in [3.05, 3.63) is 57.3 Å². The minimum absolute atomic E-state index is 0.452. The molecular weight excluding hydrogens is 250 g/mol. The molecule has 0 saturated carbocycles. The Morgan fingerprint density at radius 2 is 1.68 bits per heavy atom. The normalized spacial score (nSPS) is 12.6. The predicted octanol–water partition coefficient (Wildman–Crippen LogP) is 4.86. The molecule has 1 nitrogen and oxygen atoms in total. The van der Waals surface area contributed by atoms with Crippen LogP contribution in [0.25, 0.3) is 0 Å². The number of nitrogens with one attached hydrogen (secondary N) is 1. The minimum Gasteiger partial charge on any atom is -0.305 e. The van der Waals surface area contributed by atoms with Gasteiger partial charge in [-0.25, -0.2) is 0 Å². The highest BCUT2D eigenvalue weighted by Crippen LogP contribution is 2.21. The number of thiophene rings is 1. The van der Waals surface area contributed by atoms with Crippen LogP contribution in [0.15, 0.2) is 36.4 Å². The van der Waals surface area contributed by atoms with Crippen molar-refractivity contribution in [2.75, 3.05) is 0 Å². The van der Waals surface area contributed by atoms with E-state index in [1.807, 2.05) is 11.3 Å². The summed E-state index contributed by atoms with van der Waals surface area (Å²) in [7, 11) is 0. The first-order chi connectivity index (χ1) is 9.22. The molecule has 1 aromatic heterocycles. The molecule has 0 fully saturated rings. The fraction of sp³-hybridized carbons (Fsp3) is 0.412. The average molecular weight is 273 g/mol. The molecule has 0 amide bonds. The summed E-state index contributed by atoms with van der Waals surface area (Å²) in [6.45, 7) is 7.56. The molecule has 2 rings (SSSR count). The fourth-order valence-electron chi connectivity index (χ4n) is 2.23. The molecule has 19 heavy (non-hydrogen) atoms. The monoisotopic (exact) mass is 273 g/mol. The van der Waals surface area contributed by atoms with Crippen LogP contribution in [0.4, 0.5) is 0 Å². The van der Waals surface area contributed by atoms with Crippen molar-refractivity contribution in [1.29, 1.82) is 0 Å². The Kier molecular flexibility index (Phi) is 5.17. The zero-order valence-electron chi connectivity index (χ0n) is 12.1. The Morgan fingerprint density at radius 3 is 2.26 bits per heavy atom. The molecule has 0 radical (unpaired) electrons. The summed E-state index contributed by atoms with van der Waals surface area (Å²) in [4.78, 5) is 2.91. The van der Waals surface area contributed by atoms with Gasteiger partial charge in [-0.2, -0.15) is 0 Å². The minimum atomic E-state index is 0.452. The average Bonchev–Trinajstić information content (AvgIpc) is 2.89. The predicted molar refractivity (Wildman–Crippen MR) is 84.7 cm³/mol. The maximum absolute atomic E-state index is 3.67. The van der Waals surface area contributed by atoms with Crippen molar-refractivity contribution in [2.45, 2.75) is 46.2 Å². The summed E-state index contributed by atoms with van der Waals surface area (Å²) in [5.74, 6) is 0. The molecule has 1 N–H and O–H groups in total. The van der Waals surface area contributed by atoms with E-state index in [0.717, 1.165) is 19.4 Å². The molecular formula is C17H23NS. The molecule has 0 spiro atoms. The summed E-state index contributed by atoms with van der Waals surface area (Å²) >= 11 is 1.92. The second-order valence-electron chi connectivity index (χ2n) is 4.97. The Bertz CT molecular complexity index is 498. The number of hydrogen-bond acceptors (Lipinski definition) is 2. The third-order valence-corrected chi connectivity index (χ3v) is 4.71. The number of aryl methyl sites for hydroxylation is 2. The van der Waals surface area contributed by atoms with Crippen molar-refractivity contribution < 1.29 is 0 Å². The first-order valence-corrected chi connectivity index (χ1v) is 7.92. The number of rotatable bonds is 6. The van der Waals surface area contributed by atoms with Crippen LogP contribution in [0.1, 0.15) is 47.2 Å². The van der Waals surface area contributed by atoms with E-state index in [0.29, 0.717) is 6.04 Å². The van der Waals surface area contributed by atoms with Gasteiger partial charge in [-0.3, -0.25) is 0 Å². The smallest absolute Gasteiger partial charge is 0.0320 e. The van der Waals surface area contributed by atoms with Crippen LogP contribution >= 0.6 is 11.3 Å². The van der Waals surface area contributed by atoms with Gasteiger partial charge in [0.15, 0.2) is 0 Å². The largest absolute Gasteiger partial charge is 0.305 e. The molecule has 0 aliphatic heterocycles. The van der Waals surface area contributed by atoms with E-state index in [1.54, 1.807) is 0 Å². The lowest BCUT2D eigenvalue weighted by molar-refractivity contribution is 0.522. The molecule has 0 bridgehead atoms. The van der Waals surface area contributed by atoms with Gasteiger partial charge in [0.1, 0.15) is 0 Å². The molecule has 1 aromatic carbocycles. The first kappa shape index (κ1) is 14.3. The highest BCUT2D eigenvalue weighted by molar-refractivity contribution is 7.11. The van der Waals surface area contributed by atoms with Gasteiger partial charge in [0.25, 0.3) is 0 Å². The molecule has 1 unspecified atom stereocenters. The van der Waals surface area contributed by atoms with Crippen molar-refractivity contribution >= 4 is 11.3 Å². The fourth-order valence-corrected chi connectivity index (χ4v) is 3.14. The van der Waals surface area contributed by atoms with Gasteiger partial charge in [-0.15, -0.1) is 11.3 Å². The van der Waals surface area contributed by atoms with E-state index in [2.05, 4.69) is 62.5 Å². The van der Waals surface area contributed by atoms with Gasteiger partial charge < -0.3 is 5.32 Å². The molecule has 102 valence electrons. The molecule has 0 aliphatic rings. The number of hydrogen-bond donors (Lipinski definition) is 1. The van der Waals surface area contributed by atoms with Crippen LogP contribution in [-0.2, 0) is 13.0 Å². The Balaban J connectivity index is 1.97. The van der Waals surface area contributed by atoms with Crippen LogP contribution in [0.2, 0.25) is 0 Å². The lowest BCUT2D eigenvalue weighted by Crippen LogP contribution is -2.19. The van der Waals surface area contributed by atoms with E-state index >= 15 is 0 Å². The lowest BCUT2D eigenvalue weighted by atomic mass is 10.0. The van der Waals surface area contributed by atoms with E-state index in [-0.39, 0.29) is 0 Å². The van der Waals surface area contributed by atoms with Gasteiger partial charge in [-0.05, 0) is 37.5 Å². The van der Waals surface area contributed by atoms with Crippen LogP contribution < -0.4 is 5.32 Å². The Labute approximate surface area is 120 Å². The summed E-state index contributed by atoms with van der Waals surface area (Å²) in [6.07, 6.45) is 2.26. The van der Waals surface area contributed by atoms with E-state index in [1.165, 1.54) is 20.9 Å². The van der Waals surface area contributed by atoms with E-state index in [9.17, 15) is 0 Å². The summed E-state index contributed by atoms with van der Waals surface area (Å²) in [5, 5.41) is 3.67. The van der Waals surface area contributed by atoms with Gasteiger partial charge >= 0.3 is 0 Å². The van der Waals surface area contributed by atoms with Gasteiger partial charge in [0, 0.05) is 22.3 Å². The Hall–Kier alpha value is -1.12. The molecule has 1 atom stereocenters. The third-order valence-electron chi connectivity index (χ3n) is 3.48. The second kappa shape index (κ2) is 6.88. The maximum atomic E-state index is 3.67. The van der Waals surface area contributed by atoms with Crippen LogP contribution in [0.5, 0.6) is 0 Å². The highest BCUT2D eigenvalue weighted by Gasteiger charge is 2.09. The third kappa shape index (κ3) is 3.92. The standard InChI is InChI=1S/C17H23NS/c1-4-15-10-11-16(19-15)12-18-17(5-2)14-8-6-13(3)7-9-14/h6-11,17-18H,4-5,12H2,1-3H3. The van der Waals surface area contributed by atoms with Crippen molar-refractivity contribution in [3.63, 3.8) is 0 Å². The number of benzene rings is 1. The summed E-state index contributed by atoms with van der Waals surface area (Å²) in [5.41, 5.74) is 2.71. The lowest BCUT2D eigenvalue weighted by Gasteiger charge is -2.17. The molecule has 0 saturated heterocycles. The SMILES string of the molecule is CCc1ccc(CNC(CC)c2ccc(C)cc2)s1. The van der Waals surface area contributed by atoms with Crippen molar-refractivity contribution in [2.24, 2.45) is 0 Å². The molecule has 2 aromatic rings.